The lowest BCUT2D eigenvalue weighted by Crippen LogP contribution is -2.32. The lowest BCUT2D eigenvalue weighted by Gasteiger charge is -2.05. The van der Waals surface area contributed by atoms with Crippen LogP contribution >= 0.6 is 0 Å². The van der Waals surface area contributed by atoms with Gasteiger partial charge in [0.15, 0.2) is 0 Å². The van der Waals surface area contributed by atoms with Gasteiger partial charge in [-0.3, -0.25) is 14.9 Å². The second kappa shape index (κ2) is 2.72. The normalized spacial score (nSPS) is 32.9. The van der Waals surface area contributed by atoms with Gasteiger partial charge in [-0.15, -0.1) is 0 Å². The Morgan fingerprint density at radius 2 is 2.00 bits per heavy atom. The number of nitrogens with one attached hydrogen (secondary N) is 1. The van der Waals surface area contributed by atoms with Gasteiger partial charge in [-0.25, -0.2) is 0 Å². The maximum Gasteiger partial charge on any atom is 0.327 e. The number of hydrogen-bond acceptors (Lipinski definition) is 4. The Morgan fingerprint density at radius 1 is 1.50 bits per heavy atom. The molecule has 0 amide bonds. The molecule has 1 heterocycles. The fourth-order valence-electron chi connectivity index (χ4n) is 1.07. The highest BCUT2D eigenvalue weighted by atomic mass is 16.4. The van der Waals surface area contributed by atoms with Gasteiger partial charge in [0, 0.05) is 6.42 Å². The maximum atomic E-state index is 10.6. The van der Waals surface area contributed by atoms with Crippen LogP contribution in [0.2, 0.25) is 0 Å². The minimum atomic E-state index is -1.20. The van der Waals surface area contributed by atoms with Gasteiger partial charge in [-0.05, 0) is 6.42 Å². The number of rotatable bonds is 4. The molecule has 1 saturated heterocycles. The average Bonchev–Trinajstić information content (AvgIpc) is 2.59. The molecule has 0 radical (unpaired) electrons. The topological polar surface area (TPSA) is 123 Å². The molecule has 2 unspecified atom stereocenters. The molecule has 0 bridgehead atoms. The molecular formula is C6H10N2O4. The summed E-state index contributed by atoms with van der Waals surface area (Å²) < 4.78 is 0. The standard InChI is InChI=1S/C6H10N2O4/c7-4-6(8-4,5(11)12)2-1-3(9)10/h4,8H,1-2,7H2,(H,9,10)(H,11,12). The quantitative estimate of drug-likeness (QED) is 0.387. The fraction of sp³-hybridized carbons (Fsp3) is 0.667. The van der Waals surface area contributed by atoms with Crippen molar-refractivity contribution in [3.05, 3.63) is 0 Å². The van der Waals surface area contributed by atoms with Crippen molar-refractivity contribution < 1.29 is 19.8 Å². The highest BCUT2D eigenvalue weighted by molar-refractivity contribution is 5.84. The molecule has 12 heavy (non-hydrogen) atoms. The first kappa shape index (κ1) is 8.95. The maximum absolute atomic E-state index is 10.6. The van der Waals surface area contributed by atoms with Crippen molar-refractivity contribution in [1.82, 2.24) is 5.32 Å². The first-order valence-electron chi connectivity index (χ1n) is 3.47. The Balaban J connectivity index is 2.48. The number of carboxylic acid groups (broad SMARTS) is 2. The zero-order chi connectivity index (χ0) is 9.35. The molecular weight excluding hydrogens is 164 g/mol. The molecule has 1 rings (SSSR count). The fourth-order valence-corrected chi connectivity index (χ4v) is 1.07. The Kier molecular flexibility index (Phi) is 2.03. The van der Waals surface area contributed by atoms with Crippen molar-refractivity contribution in [3.8, 4) is 0 Å². The molecule has 1 aliphatic heterocycles. The first-order valence-corrected chi connectivity index (χ1v) is 3.47. The molecule has 6 heteroatoms. The lowest BCUT2D eigenvalue weighted by molar-refractivity contribution is -0.141. The van der Waals surface area contributed by atoms with E-state index in [1.54, 1.807) is 0 Å². The largest absolute Gasteiger partial charge is 0.481 e. The van der Waals surface area contributed by atoms with Crippen molar-refractivity contribution in [1.29, 1.82) is 0 Å². The van der Waals surface area contributed by atoms with Gasteiger partial charge >= 0.3 is 11.9 Å². The molecule has 5 N–H and O–H groups in total. The predicted molar refractivity (Wildman–Crippen MR) is 38.3 cm³/mol. The molecule has 0 saturated carbocycles. The van der Waals surface area contributed by atoms with Gasteiger partial charge in [0.2, 0.25) is 0 Å². The summed E-state index contributed by atoms with van der Waals surface area (Å²) in [6.45, 7) is 0. The van der Waals surface area contributed by atoms with Gasteiger partial charge in [0.25, 0.3) is 0 Å². The SMILES string of the molecule is NC1NC1(CCC(=O)O)C(=O)O. The van der Waals surface area contributed by atoms with Gasteiger partial charge in [0.1, 0.15) is 5.54 Å². The molecule has 6 nitrogen and oxygen atoms in total. The van der Waals surface area contributed by atoms with E-state index in [-0.39, 0.29) is 12.8 Å². The second-order valence-corrected chi connectivity index (χ2v) is 2.79. The van der Waals surface area contributed by atoms with Crippen LogP contribution in [0.25, 0.3) is 0 Å². The summed E-state index contributed by atoms with van der Waals surface area (Å²) in [4.78, 5) is 20.7. The minimum absolute atomic E-state index is 0.0266. The van der Waals surface area contributed by atoms with Crippen LogP contribution in [0.15, 0.2) is 0 Å². The zero-order valence-corrected chi connectivity index (χ0v) is 6.28. The highest BCUT2D eigenvalue weighted by Gasteiger charge is 2.58. The zero-order valence-electron chi connectivity index (χ0n) is 6.28. The molecule has 0 aromatic carbocycles. The van der Waals surface area contributed by atoms with Crippen molar-refractivity contribution in [3.63, 3.8) is 0 Å². The monoisotopic (exact) mass is 174 g/mol. The van der Waals surface area contributed by atoms with Crippen LogP contribution in [0.3, 0.4) is 0 Å². The van der Waals surface area contributed by atoms with E-state index in [1.807, 2.05) is 0 Å². The third kappa shape index (κ3) is 1.39. The van der Waals surface area contributed by atoms with Crippen molar-refractivity contribution in [2.24, 2.45) is 5.73 Å². The average molecular weight is 174 g/mol. The Bertz CT molecular complexity index is 230. The number of carbonyl (C=O) groups is 2. The van der Waals surface area contributed by atoms with Crippen molar-refractivity contribution in [2.75, 3.05) is 0 Å². The molecule has 1 fully saturated rings. The molecule has 1 aliphatic rings. The van der Waals surface area contributed by atoms with E-state index in [4.69, 9.17) is 15.9 Å². The Labute approximate surface area is 68.4 Å². The highest BCUT2D eigenvalue weighted by Crippen LogP contribution is 2.28. The molecule has 0 aromatic rings. The third-order valence-corrected chi connectivity index (χ3v) is 1.98. The van der Waals surface area contributed by atoms with Gasteiger partial charge < -0.3 is 15.9 Å². The van der Waals surface area contributed by atoms with Crippen molar-refractivity contribution >= 4 is 11.9 Å². The van der Waals surface area contributed by atoms with Crippen LogP contribution in [-0.2, 0) is 9.59 Å². The molecule has 68 valence electrons. The van der Waals surface area contributed by atoms with E-state index in [0.29, 0.717) is 0 Å². The smallest absolute Gasteiger partial charge is 0.327 e. The lowest BCUT2D eigenvalue weighted by atomic mass is 10.0. The van der Waals surface area contributed by atoms with E-state index >= 15 is 0 Å². The summed E-state index contributed by atoms with van der Waals surface area (Å²) in [5, 5.41) is 19.5. The number of hydrogen-bond donors (Lipinski definition) is 4. The number of carboxylic acids is 2. The molecule has 0 aromatic heterocycles. The summed E-state index contributed by atoms with van der Waals surface area (Å²) in [7, 11) is 0. The first-order chi connectivity index (χ1) is 5.49. The summed E-state index contributed by atoms with van der Waals surface area (Å²) in [6.07, 6.45) is -0.777. The summed E-state index contributed by atoms with van der Waals surface area (Å²) in [5.74, 6) is -2.10. The minimum Gasteiger partial charge on any atom is -0.481 e. The number of aliphatic carboxylic acids is 2. The molecule has 0 aliphatic carbocycles. The van der Waals surface area contributed by atoms with E-state index in [9.17, 15) is 9.59 Å². The van der Waals surface area contributed by atoms with E-state index in [0.717, 1.165) is 0 Å². The van der Waals surface area contributed by atoms with E-state index < -0.39 is 23.6 Å². The van der Waals surface area contributed by atoms with E-state index in [2.05, 4.69) is 5.32 Å². The summed E-state index contributed by atoms with van der Waals surface area (Å²) >= 11 is 0. The van der Waals surface area contributed by atoms with Gasteiger partial charge in [-0.1, -0.05) is 0 Å². The summed E-state index contributed by atoms with van der Waals surface area (Å²) in [5.41, 5.74) is 4.11. The van der Waals surface area contributed by atoms with Crippen LogP contribution in [-0.4, -0.2) is 33.9 Å². The van der Waals surface area contributed by atoms with E-state index in [1.165, 1.54) is 0 Å². The van der Waals surface area contributed by atoms with Crippen LogP contribution in [0, 0.1) is 0 Å². The van der Waals surface area contributed by atoms with Crippen LogP contribution in [0.1, 0.15) is 12.8 Å². The van der Waals surface area contributed by atoms with Crippen molar-refractivity contribution in [2.45, 2.75) is 24.5 Å². The third-order valence-electron chi connectivity index (χ3n) is 1.98. The number of nitrogens with two attached hydrogens (primary N) is 1. The van der Waals surface area contributed by atoms with Gasteiger partial charge in [-0.2, -0.15) is 0 Å². The van der Waals surface area contributed by atoms with Crippen LogP contribution in [0.4, 0.5) is 0 Å². The second-order valence-electron chi connectivity index (χ2n) is 2.79. The van der Waals surface area contributed by atoms with Crippen LogP contribution < -0.4 is 11.1 Å². The van der Waals surface area contributed by atoms with Gasteiger partial charge in [0.05, 0.1) is 6.17 Å². The summed E-state index contributed by atoms with van der Waals surface area (Å²) in [6, 6.07) is 0. The predicted octanol–water partition coefficient (Wildman–Crippen LogP) is -1.44. The Hall–Kier alpha value is -1.14. The van der Waals surface area contributed by atoms with Crippen LogP contribution in [0.5, 0.6) is 0 Å². The Morgan fingerprint density at radius 3 is 2.25 bits per heavy atom. The molecule has 0 spiro atoms. The molecule has 2 atom stereocenters.